The first-order valence-corrected chi connectivity index (χ1v) is 6.93. The SMILES string of the molecule is CC(=O)N1CCCN(C(=O)[C@@H]2CCCNC2)CC1. The van der Waals surface area contributed by atoms with Gasteiger partial charge in [-0.25, -0.2) is 0 Å². The molecule has 1 atom stereocenters. The summed E-state index contributed by atoms with van der Waals surface area (Å²) in [7, 11) is 0. The second-order valence-corrected chi connectivity index (χ2v) is 5.23. The van der Waals surface area contributed by atoms with E-state index in [1.807, 2.05) is 9.80 Å². The zero-order valence-corrected chi connectivity index (χ0v) is 11.2. The van der Waals surface area contributed by atoms with E-state index >= 15 is 0 Å². The Morgan fingerprint density at radius 2 is 1.78 bits per heavy atom. The zero-order chi connectivity index (χ0) is 13.0. The lowest BCUT2D eigenvalue weighted by atomic mass is 9.98. The molecule has 0 aromatic heterocycles. The van der Waals surface area contributed by atoms with Crippen molar-refractivity contribution in [2.24, 2.45) is 5.92 Å². The summed E-state index contributed by atoms with van der Waals surface area (Å²) in [4.78, 5) is 27.5. The fourth-order valence-corrected chi connectivity index (χ4v) is 2.77. The summed E-state index contributed by atoms with van der Waals surface area (Å²) in [5.74, 6) is 0.527. The Balaban J connectivity index is 1.88. The summed E-state index contributed by atoms with van der Waals surface area (Å²) >= 11 is 0. The molecule has 0 radical (unpaired) electrons. The molecule has 5 nitrogen and oxygen atoms in total. The van der Waals surface area contributed by atoms with Crippen LogP contribution in [0.4, 0.5) is 0 Å². The number of piperidine rings is 1. The minimum Gasteiger partial charge on any atom is -0.341 e. The van der Waals surface area contributed by atoms with Crippen LogP contribution in [-0.2, 0) is 9.59 Å². The van der Waals surface area contributed by atoms with Crippen molar-refractivity contribution >= 4 is 11.8 Å². The number of hydrogen-bond donors (Lipinski definition) is 1. The molecular weight excluding hydrogens is 230 g/mol. The van der Waals surface area contributed by atoms with E-state index in [0.717, 1.165) is 45.4 Å². The van der Waals surface area contributed by atoms with Gasteiger partial charge in [0.05, 0.1) is 5.92 Å². The van der Waals surface area contributed by atoms with Crippen LogP contribution < -0.4 is 5.32 Å². The largest absolute Gasteiger partial charge is 0.341 e. The van der Waals surface area contributed by atoms with Crippen LogP contribution in [0.3, 0.4) is 0 Å². The van der Waals surface area contributed by atoms with Crippen molar-refractivity contribution in [2.75, 3.05) is 39.3 Å². The second kappa shape index (κ2) is 6.18. The van der Waals surface area contributed by atoms with E-state index in [9.17, 15) is 9.59 Å². The summed E-state index contributed by atoms with van der Waals surface area (Å²) < 4.78 is 0. The van der Waals surface area contributed by atoms with Crippen LogP contribution in [-0.4, -0.2) is 60.9 Å². The van der Waals surface area contributed by atoms with Gasteiger partial charge < -0.3 is 15.1 Å². The Labute approximate surface area is 108 Å². The summed E-state index contributed by atoms with van der Waals surface area (Å²) in [6, 6.07) is 0. The first-order valence-electron chi connectivity index (χ1n) is 6.93. The molecule has 18 heavy (non-hydrogen) atoms. The summed E-state index contributed by atoms with van der Waals surface area (Å²) in [5, 5.41) is 3.29. The summed E-state index contributed by atoms with van der Waals surface area (Å²) in [6.07, 6.45) is 2.98. The maximum atomic E-state index is 12.4. The smallest absolute Gasteiger partial charge is 0.227 e. The van der Waals surface area contributed by atoms with Crippen LogP contribution in [0.25, 0.3) is 0 Å². The van der Waals surface area contributed by atoms with Gasteiger partial charge in [0.25, 0.3) is 0 Å². The molecule has 1 N–H and O–H groups in total. The number of amides is 2. The van der Waals surface area contributed by atoms with Gasteiger partial charge in [-0.15, -0.1) is 0 Å². The van der Waals surface area contributed by atoms with E-state index in [1.54, 1.807) is 6.92 Å². The van der Waals surface area contributed by atoms with Crippen molar-refractivity contribution in [2.45, 2.75) is 26.2 Å². The van der Waals surface area contributed by atoms with E-state index < -0.39 is 0 Å². The number of carbonyl (C=O) groups is 2. The molecule has 2 saturated heterocycles. The standard InChI is InChI=1S/C13H23N3O2/c1-11(17)15-6-3-7-16(9-8-15)13(18)12-4-2-5-14-10-12/h12,14H,2-10H2,1H3/t12-/m1/s1. The van der Waals surface area contributed by atoms with E-state index in [0.29, 0.717) is 13.1 Å². The van der Waals surface area contributed by atoms with Crippen molar-refractivity contribution in [1.82, 2.24) is 15.1 Å². The van der Waals surface area contributed by atoms with Crippen LogP contribution in [0, 0.1) is 5.92 Å². The van der Waals surface area contributed by atoms with Gasteiger partial charge in [-0.1, -0.05) is 0 Å². The lowest BCUT2D eigenvalue weighted by molar-refractivity contribution is -0.136. The number of rotatable bonds is 1. The van der Waals surface area contributed by atoms with Crippen LogP contribution in [0.2, 0.25) is 0 Å². The first-order chi connectivity index (χ1) is 8.68. The predicted octanol–water partition coefficient (Wildman–Crippen LogP) is 0.0668. The van der Waals surface area contributed by atoms with E-state index in [2.05, 4.69) is 5.32 Å². The third-order valence-corrected chi connectivity index (χ3v) is 3.90. The van der Waals surface area contributed by atoms with Gasteiger partial charge in [-0.3, -0.25) is 9.59 Å². The van der Waals surface area contributed by atoms with Crippen molar-refractivity contribution in [3.8, 4) is 0 Å². The highest BCUT2D eigenvalue weighted by Crippen LogP contribution is 2.15. The van der Waals surface area contributed by atoms with Crippen LogP contribution in [0.5, 0.6) is 0 Å². The molecule has 0 aromatic carbocycles. The van der Waals surface area contributed by atoms with Gasteiger partial charge in [0.1, 0.15) is 0 Å². The second-order valence-electron chi connectivity index (χ2n) is 5.23. The molecule has 0 spiro atoms. The molecule has 2 aliphatic heterocycles. The molecule has 2 aliphatic rings. The minimum atomic E-state index is 0.114. The molecule has 102 valence electrons. The Kier molecular flexibility index (Phi) is 4.58. The first kappa shape index (κ1) is 13.3. The molecule has 0 aromatic rings. The zero-order valence-electron chi connectivity index (χ0n) is 11.2. The maximum absolute atomic E-state index is 12.4. The van der Waals surface area contributed by atoms with E-state index in [-0.39, 0.29) is 17.7 Å². The topological polar surface area (TPSA) is 52.7 Å². The number of carbonyl (C=O) groups excluding carboxylic acids is 2. The quantitative estimate of drug-likeness (QED) is 0.719. The normalized spacial score (nSPS) is 25.7. The molecule has 2 heterocycles. The van der Waals surface area contributed by atoms with Crippen LogP contribution >= 0.6 is 0 Å². The highest BCUT2D eigenvalue weighted by atomic mass is 16.2. The number of hydrogen-bond acceptors (Lipinski definition) is 3. The van der Waals surface area contributed by atoms with Crippen molar-refractivity contribution in [1.29, 1.82) is 0 Å². The Morgan fingerprint density at radius 1 is 1.06 bits per heavy atom. The molecular formula is C13H23N3O2. The number of nitrogens with zero attached hydrogens (tertiary/aromatic N) is 2. The lowest BCUT2D eigenvalue weighted by Gasteiger charge is -2.28. The van der Waals surface area contributed by atoms with E-state index in [1.165, 1.54) is 0 Å². The average Bonchev–Trinajstić information content (AvgIpc) is 2.64. The van der Waals surface area contributed by atoms with Crippen molar-refractivity contribution in [3.05, 3.63) is 0 Å². The summed E-state index contributed by atoms with van der Waals surface area (Å²) in [5.41, 5.74) is 0. The predicted molar refractivity (Wildman–Crippen MR) is 69.0 cm³/mol. The third kappa shape index (κ3) is 3.22. The summed E-state index contributed by atoms with van der Waals surface area (Å²) in [6.45, 7) is 6.38. The Hall–Kier alpha value is -1.10. The van der Waals surface area contributed by atoms with Gasteiger partial charge in [0.2, 0.25) is 11.8 Å². The molecule has 2 fully saturated rings. The van der Waals surface area contributed by atoms with E-state index in [4.69, 9.17) is 0 Å². The monoisotopic (exact) mass is 253 g/mol. The average molecular weight is 253 g/mol. The molecule has 2 rings (SSSR count). The maximum Gasteiger partial charge on any atom is 0.227 e. The van der Waals surface area contributed by atoms with Gasteiger partial charge in [0.15, 0.2) is 0 Å². The highest BCUT2D eigenvalue weighted by Gasteiger charge is 2.27. The molecule has 0 aliphatic carbocycles. The molecule has 5 heteroatoms. The van der Waals surface area contributed by atoms with Crippen LogP contribution in [0.15, 0.2) is 0 Å². The fraction of sp³-hybridized carbons (Fsp3) is 0.846. The van der Waals surface area contributed by atoms with Crippen molar-refractivity contribution in [3.63, 3.8) is 0 Å². The van der Waals surface area contributed by atoms with Gasteiger partial charge in [-0.05, 0) is 25.8 Å². The van der Waals surface area contributed by atoms with Gasteiger partial charge in [0, 0.05) is 39.6 Å². The van der Waals surface area contributed by atoms with Gasteiger partial charge in [-0.2, -0.15) is 0 Å². The number of nitrogens with one attached hydrogen (secondary N) is 1. The van der Waals surface area contributed by atoms with Gasteiger partial charge >= 0.3 is 0 Å². The minimum absolute atomic E-state index is 0.114. The molecule has 0 unspecified atom stereocenters. The Bertz CT molecular complexity index is 313. The molecule has 2 amide bonds. The molecule has 0 bridgehead atoms. The molecule has 0 saturated carbocycles. The van der Waals surface area contributed by atoms with Crippen molar-refractivity contribution < 1.29 is 9.59 Å². The van der Waals surface area contributed by atoms with Crippen LogP contribution in [0.1, 0.15) is 26.2 Å². The Morgan fingerprint density at radius 3 is 2.44 bits per heavy atom. The lowest BCUT2D eigenvalue weighted by Crippen LogP contribution is -2.44. The third-order valence-electron chi connectivity index (χ3n) is 3.90. The highest BCUT2D eigenvalue weighted by molar-refractivity contribution is 5.79. The fourth-order valence-electron chi connectivity index (χ4n) is 2.77.